The molecule has 0 radical (unpaired) electrons. The van der Waals surface area contributed by atoms with Crippen LogP contribution < -0.4 is 0 Å². The predicted molar refractivity (Wildman–Crippen MR) is 37.9 cm³/mol. The van der Waals surface area contributed by atoms with E-state index in [4.69, 9.17) is 9.84 Å². The van der Waals surface area contributed by atoms with Gasteiger partial charge >= 0.3 is 5.97 Å². The minimum Gasteiger partial charge on any atom is -0.481 e. The summed E-state index contributed by atoms with van der Waals surface area (Å²) >= 11 is 0. The van der Waals surface area contributed by atoms with Crippen molar-refractivity contribution in [1.29, 1.82) is 0 Å². The maximum atomic E-state index is 10.3. The van der Waals surface area contributed by atoms with E-state index in [9.17, 15) is 4.79 Å². The Morgan fingerprint density at radius 1 is 1.70 bits per heavy atom. The van der Waals surface area contributed by atoms with Gasteiger partial charge in [0, 0.05) is 13.7 Å². The van der Waals surface area contributed by atoms with Crippen molar-refractivity contribution in [2.75, 3.05) is 13.7 Å². The van der Waals surface area contributed by atoms with Crippen LogP contribution in [0.15, 0.2) is 0 Å². The maximum absolute atomic E-state index is 10.3. The van der Waals surface area contributed by atoms with Crippen molar-refractivity contribution >= 4 is 5.97 Å². The smallest absolute Gasteiger partial charge is 0.306 e. The molecule has 1 atom stereocenters. The summed E-state index contributed by atoms with van der Waals surface area (Å²) in [5.41, 5.74) is 0. The highest BCUT2D eigenvalue weighted by atomic mass is 16.5. The average molecular weight is 146 g/mol. The fourth-order valence-electron chi connectivity index (χ4n) is 0.657. The van der Waals surface area contributed by atoms with Crippen LogP contribution in [0, 0.1) is 5.92 Å². The van der Waals surface area contributed by atoms with E-state index < -0.39 is 5.97 Å². The fraction of sp³-hybridized carbons (Fsp3) is 0.857. The summed E-state index contributed by atoms with van der Waals surface area (Å²) in [6, 6.07) is 0. The van der Waals surface area contributed by atoms with Gasteiger partial charge in [0.25, 0.3) is 0 Å². The summed E-state index contributed by atoms with van der Waals surface area (Å²) in [7, 11) is 1.62. The lowest BCUT2D eigenvalue weighted by Gasteiger charge is -2.03. The van der Waals surface area contributed by atoms with Gasteiger partial charge in [0.2, 0.25) is 0 Å². The van der Waals surface area contributed by atoms with E-state index >= 15 is 0 Å². The summed E-state index contributed by atoms with van der Waals surface area (Å²) in [4.78, 5) is 10.3. The third-order valence-electron chi connectivity index (χ3n) is 1.41. The van der Waals surface area contributed by atoms with Crippen molar-refractivity contribution in [3.8, 4) is 0 Å². The first-order valence-corrected chi connectivity index (χ1v) is 3.40. The number of methoxy groups -OCH3 is 1. The van der Waals surface area contributed by atoms with Crippen LogP contribution in [0.5, 0.6) is 0 Å². The van der Waals surface area contributed by atoms with Gasteiger partial charge in [0.15, 0.2) is 0 Å². The maximum Gasteiger partial charge on any atom is 0.306 e. The molecular formula is C7H14O3. The molecule has 0 aliphatic carbocycles. The largest absolute Gasteiger partial charge is 0.481 e. The summed E-state index contributed by atoms with van der Waals surface area (Å²) in [6.45, 7) is 2.36. The Morgan fingerprint density at radius 2 is 2.30 bits per heavy atom. The van der Waals surface area contributed by atoms with Crippen molar-refractivity contribution in [3.63, 3.8) is 0 Å². The second-order valence-corrected chi connectivity index (χ2v) is 2.37. The van der Waals surface area contributed by atoms with Crippen molar-refractivity contribution in [2.24, 2.45) is 5.92 Å². The number of carbonyl (C=O) groups is 1. The molecular weight excluding hydrogens is 132 g/mol. The number of aliphatic carboxylic acids is 1. The average Bonchev–Trinajstić information content (AvgIpc) is 1.88. The second-order valence-electron chi connectivity index (χ2n) is 2.37. The first kappa shape index (κ1) is 9.43. The Balaban J connectivity index is 3.21. The number of carboxylic acids is 1. The first-order chi connectivity index (χ1) is 4.68. The molecule has 0 aliphatic rings. The molecule has 0 aromatic heterocycles. The molecule has 0 aromatic rings. The van der Waals surface area contributed by atoms with E-state index in [1.54, 1.807) is 14.0 Å². The highest BCUT2D eigenvalue weighted by Crippen LogP contribution is 2.04. The van der Waals surface area contributed by atoms with Crippen LogP contribution in [0.3, 0.4) is 0 Å². The molecule has 3 heteroatoms. The van der Waals surface area contributed by atoms with Gasteiger partial charge in [0.05, 0.1) is 5.92 Å². The summed E-state index contributed by atoms with van der Waals surface area (Å²) in [6.07, 6.45) is 1.52. The van der Waals surface area contributed by atoms with Crippen LogP contribution in [-0.2, 0) is 9.53 Å². The molecule has 0 aliphatic heterocycles. The van der Waals surface area contributed by atoms with E-state index in [-0.39, 0.29) is 5.92 Å². The molecule has 0 spiro atoms. The SMILES string of the molecule is COCCC[C@H](C)C(=O)O. The minimum absolute atomic E-state index is 0.241. The van der Waals surface area contributed by atoms with Crippen molar-refractivity contribution in [2.45, 2.75) is 19.8 Å². The Kier molecular flexibility index (Phi) is 4.94. The van der Waals surface area contributed by atoms with Crippen molar-refractivity contribution < 1.29 is 14.6 Å². The molecule has 0 rings (SSSR count). The van der Waals surface area contributed by atoms with Gasteiger partial charge in [-0.25, -0.2) is 0 Å². The predicted octanol–water partition coefficient (Wildman–Crippen LogP) is 1.13. The third kappa shape index (κ3) is 4.32. The zero-order valence-electron chi connectivity index (χ0n) is 6.46. The van der Waals surface area contributed by atoms with Crippen LogP contribution in [-0.4, -0.2) is 24.8 Å². The lowest BCUT2D eigenvalue weighted by atomic mass is 10.1. The Morgan fingerprint density at radius 3 is 2.70 bits per heavy atom. The topological polar surface area (TPSA) is 46.5 Å². The molecule has 0 unspecified atom stereocenters. The van der Waals surface area contributed by atoms with Gasteiger partial charge in [0.1, 0.15) is 0 Å². The number of ether oxygens (including phenoxy) is 1. The van der Waals surface area contributed by atoms with E-state index in [0.717, 1.165) is 6.42 Å². The van der Waals surface area contributed by atoms with Crippen LogP contribution in [0.2, 0.25) is 0 Å². The van der Waals surface area contributed by atoms with Gasteiger partial charge in [-0.05, 0) is 12.8 Å². The van der Waals surface area contributed by atoms with E-state index in [2.05, 4.69) is 0 Å². The van der Waals surface area contributed by atoms with Gasteiger partial charge in [-0.2, -0.15) is 0 Å². The van der Waals surface area contributed by atoms with Crippen molar-refractivity contribution in [3.05, 3.63) is 0 Å². The summed E-state index contributed by atoms with van der Waals surface area (Å²) < 4.78 is 4.78. The molecule has 0 amide bonds. The molecule has 60 valence electrons. The summed E-state index contributed by atoms with van der Waals surface area (Å²) in [5, 5.41) is 8.44. The normalized spacial score (nSPS) is 13.0. The quantitative estimate of drug-likeness (QED) is 0.591. The standard InChI is InChI=1S/C7H14O3/c1-6(7(8)9)4-3-5-10-2/h6H,3-5H2,1-2H3,(H,8,9)/t6-/m0/s1. The summed E-state index contributed by atoms with van der Waals surface area (Å²) in [5.74, 6) is -0.966. The Labute approximate surface area is 61.0 Å². The first-order valence-electron chi connectivity index (χ1n) is 3.40. The zero-order chi connectivity index (χ0) is 7.98. The van der Waals surface area contributed by atoms with Gasteiger partial charge in [-0.3, -0.25) is 4.79 Å². The molecule has 0 bridgehead atoms. The second kappa shape index (κ2) is 5.23. The molecule has 0 saturated carbocycles. The molecule has 0 aromatic carbocycles. The minimum atomic E-state index is -0.726. The molecule has 0 heterocycles. The van der Waals surface area contributed by atoms with Crippen LogP contribution in [0.4, 0.5) is 0 Å². The van der Waals surface area contributed by atoms with E-state index in [1.165, 1.54) is 0 Å². The monoisotopic (exact) mass is 146 g/mol. The Hall–Kier alpha value is -0.570. The fourth-order valence-corrected chi connectivity index (χ4v) is 0.657. The van der Waals surface area contributed by atoms with Gasteiger partial charge in [-0.15, -0.1) is 0 Å². The third-order valence-corrected chi connectivity index (χ3v) is 1.41. The highest BCUT2D eigenvalue weighted by molar-refractivity contribution is 5.69. The molecule has 10 heavy (non-hydrogen) atoms. The van der Waals surface area contributed by atoms with Crippen molar-refractivity contribution in [1.82, 2.24) is 0 Å². The number of hydrogen-bond acceptors (Lipinski definition) is 2. The molecule has 1 N–H and O–H groups in total. The highest BCUT2D eigenvalue weighted by Gasteiger charge is 2.08. The molecule has 0 fully saturated rings. The van der Waals surface area contributed by atoms with Gasteiger partial charge in [-0.1, -0.05) is 6.92 Å². The Bertz CT molecular complexity index is 101. The van der Waals surface area contributed by atoms with E-state index in [0.29, 0.717) is 13.0 Å². The van der Waals surface area contributed by atoms with Crippen LogP contribution >= 0.6 is 0 Å². The number of rotatable bonds is 5. The number of carboxylic acid groups (broad SMARTS) is 1. The zero-order valence-corrected chi connectivity index (χ0v) is 6.46. The lowest BCUT2D eigenvalue weighted by Crippen LogP contribution is -2.09. The van der Waals surface area contributed by atoms with Crippen LogP contribution in [0.1, 0.15) is 19.8 Å². The molecule has 3 nitrogen and oxygen atoms in total. The van der Waals surface area contributed by atoms with E-state index in [1.807, 2.05) is 0 Å². The van der Waals surface area contributed by atoms with Crippen LogP contribution in [0.25, 0.3) is 0 Å². The number of hydrogen-bond donors (Lipinski definition) is 1. The molecule has 0 saturated heterocycles. The lowest BCUT2D eigenvalue weighted by molar-refractivity contribution is -0.141. The van der Waals surface area contributed by atoms with Gasteiger partial charge < -0.3 is 9.84 Å².